The molecular formula is C28H27N5O2S2. The molecule has 6 rings (SSSR count). The van der Waals surface area contributed by atoms with E-state index in [0.29, 0.717) is 31.9 Å². The molecule has 2 aliphatic rings. The molecule has 0 saturated carbocycles. The van der Waals surface area contributed by atoms with Gasteiger partial charge in [-0.15, -0.1) is 0 Å². The van der Waals surface area contributed by atoms with E-state index >= 15 is 0 Å². The normalized spacial score (nSPS) is 16.6. The van der Waals surface area contributed by atoms with Gasteiger partial charge < -0.3 is 25.3 Å². The third kappa shape index (κ3) is 5.07. The molecule has 0 radical (unpaired) electrons. The van der Waals surface area contributed by atoms with E-state index in [9.17, 15) is 4.79 Å². The third-order valence-corrected chi connectivity index (χ3v) is 9.13. The van der Waals surface area contributed by atoms with Gasteiger partial charge in [0.25, 0.3) is 5.56 Å². The van der Waals surface area contributed by atoms with E-state index in [4.69, 9.17) is 4.74 Å². The lowest BCUT2D eigenvalue weighted by Crippen LogP contribution is -2.41. The number of hydrogen-bond acceptors (Lipinski definition) is 8. The Hall–Kier alpha value is -3.40. The molecule has 4 aromatic rings. The van der Waals surface area contributed by atoms with E-state index < -0.39 is 0 Å². The lowest BCUT2D eigenvalue weighted by atomic mass is 10.1. The minimum atomic E-state index is -0.0956. The summed E-state index contributed by atoms with van der Waals surface area (Å²) < 4.78 is 6.22. The van der Waals surface area contributed by atoms with Crippen molar-refractivity contribution in [2.75, 3.05) is 42.3 Å². The van der Waals surface area contributed by atoms with Crippen molar-refractivity contribution in [2.45, 2.75) is 32.2 Å². The maximum Gasteiger partial charge on any atom is 0.271 e. The highest BCUT2D eigenvalue weighted by atomic mass is 32.2. The van der Waals surface area contributed by atoms with Gasteiger partial charge in [0.2, 0.25) is 0 Å². The van der Waals surface area contributed by atoms with Crippen molar-refractivity contribution >= 4 is 40.7 Å². The summed E-state index contributed by atoms with van der Waals surface area (Å²) in [7, 11) is 1.87. The molecule has 9 heteroatoms. The number of nitrogens with one attached hydrogen (secondary N) is 3. The molecule has 2 aromatic heterocycles. The van der Waals surface area contributed by atoms with Crippen molar-refractivity contribution in [3.05, 3.63) is 94.5 Å². The Kier molecular flexibility index (Phi) is 6.82. The van der Waals surface area contributed by atoms with Crippen molar-refractivity contribution in [1.29, 1.82) is 0 Å². The monoisotopic (exact) mass is 529 g/mol. The summed E-state index contributed by atoms with van der Waals surface area (Å²) in [6.45, 7) is 2.65. The first-order valence-corrected chi connectivity index (χ1v) is 13.8. The van der Waals surface area contributed by atoms with Gasteiger partial charge in [-0.2, -0.15) is 0 Å². The lowest BCUT2D eigenvalue weighted by Gasteiger charge is -2.35. The van der Waals surface area contributed by atoms with Crippen LogP contribution in [0.5, 0.6) is 0 Å². The fourth-order valence-electron chi connectivity index (χ4n) is 4.59. The molecule has 188 valence electrons. The average molecular weight is 530 g/mol. The van der Waals surface area contributed by atoms with E-state index in [-0.39, 0.29) is 11.7 Å². The highest BCUT2D eigenvalue weighted by Gasteiger charge is 2.29. The zero-order valence-corrected chi connectivity index (χ0v) is 22.0. The molecule has 2 aliphatic heterocycles. The zero-order valence-electron chi connectivity index (χ0n) is 20.4. The van der Waals surface area contributed by atoms with Crippen molar-refractivity contribution in [3.8, 4) is 0 Å². The number of ether oxygens (including phenoxy) is 1. The molecule has 0 aliphatic carbocycles. The summed E-state index contributed by atoms with van der Waals surface area (Å²) in [6.07, 6.45) is 3.46. The summed E-state index contributed by atoms with van der Waals surface area (Å²) >= 11 is 3.59. The second kappa shape index (κ2) is 10.5. The van der Waals surface area contributed by atoms with Crippen LogP contribution in [0.15, 0.2) is 97.4 Å². The molecule has 2 aromatic carbocycles. The Balaban J connectivity index is 1.19. The van der Waals surface area contributed by atoms with Crippen LogP contribution in [0.3, 0.4) is 0 Å². The van der Waals surface area contributed by atoms with Gasteiger partial charge in [0.1, 0.15) is 17.6 Å². The fraction of sp³-hybridized carbons (Fsp3) is 0.214. The van der Waals surface area contributed by atoms with Crippen LogP contribution in [0.2, 0.25) is 0 Å². The molecule has 7 nitrogen and oxygen atoms in total. The molecular weight excluding hydrogens is 502 g/mol. The highest BCUT2D eigenvalue weighted by Crippen LogP contribution is 2.51. The Morgan fingerprint density at radius 1 is 1.08 bits per heavy atom. The van der Waals surface area contributed by atoms with Crippen LogP contribution in [0.25, 0.3) is 0 Å². The molecule has 3 N–H and O–H groups in total. The number of aromatic nitrogens is 2. The Morgan fingerprint density at radius 3 is 2.86 bits per heavy atom. The number of rotatable bonds is 6. The van der Waals surface area contributed by atoms with Crippen LogP contribution in [0, 0.1) is 0 Å². The van der Waals surface area contributed by atoms with Crippen LogP contribution in [0.4, 0.5) is 17.2 Å². The van der Waals surface area contributed by atoms with Crippen LogP contribution >= 0.6 is 23.5 Å². The van der Waals surface area contributed by atoms with Crippen LogP contribution in [-0.4, -0.2) is 36.7 Å². The van der Waals surface area contributed by atoms with Gasteiger partial charge in [0, 0.05) is 64.3 Å². The number of aromatic amines is 1. The number of pyridine rings is 2. The first-order valence-electron chi connectivity index (χ1n) is 12.2. The van der Waals surface area contributed by atoms with E-state index in [2.05, 4.69) is 68.0 Å². The van der Waals surface area contributed by atoms with Crippen molar-refractivity contribution < 1.29 is 4.74 Å². The number of hydrogen-bond donors (Lipinski definition) is 3. The van der Waals surface area contributed by atoms with Gasteiger partial charge in [0.15, 0.2) is 0 Å². The van der Waals surface area contributed by atoms with Gasteiger partial charge >= 0.3 is 0 Å². The van der Waals surface area contributed by atoms with Crippen molar-refractivity contribution in [2.24, 2.45) is 0 Å². The van der Waals surface area contributed by atoms with E-state index in [0.717, 1.165) is 17.1 Å². The quantitative estimate of drug-likeness (QED) is 0.262. The maximum absolute atomic E-state index is 12.4. The SMILES string of the molecule is CNc1ccc(CNc2ccc3c(c2)Sc2cccc(C4CN(c5ccc[nH]c5=O)CCO4)c2S3)cn1. The molecule has 37 heavy (non-hydrogen) atoms. The van der Waals surface area contributed by atoms with Gasteiger partial charge in [-0.3, -0.25) is 4.79 Å². The second-order valence-corrected chi connectivity index (χ2v) is 11.0. The summed E-state index contributed by atoms with van der Waals surface area (Å²) in [5.74, 6) is 0.865. The van der Waals surface area contributed by atoms with Crippen LogP contribution in [-0.2, 0) is 11.3 Å². The molecule has 0 bridgehead atoms. The lowest BCUT2D eigenvalue weighted by molar-refractivity contribution is 0.0378. The number of benzene rings is 2. The van der Waals surface area contributed by atoms with Crippen molar-refractivity contribution in [3.63, 3.8) is 0 Å². The molecule has 1 atom stereocenters. The maximum atomic E-state index is 12.4. The number of nitrogens with zero attached hydrogens (tertiary/aromatic N) is 2. The number of H-pyrrole nitrogens is 1. The van der Waals surface area contributed by atoms with Gasteiger partial charge in [0.05, 0.1) is 6.61 Å². The fourth-order valence-corrected chi connectivity index (χ4v) is 7.04. The average Bonchev–Trinajstić information content (AvgIpc) is 2.95. The van der Waals surface area contributed by atoms with E-state index in [1.54, 1.807) is 29.7 Å². The molecule has 1 saturated heterocycles. The number of morpholine rings is 1. The molecule has 0 spiro atoms. The highest BCUT2D eigenvalue weighted by molar-refractivity contribution is 8.05. The molecule has 1 fully saturated rings. The number of fused-ring (bicyclic) bond motifs is 2. The third-order valence-electron chi connectivity index (χ3n) is 6.51. The van der Waals surface area contributed by atoms with Crippen LogP contribution in [0.1, 0.15) is 17.2 Å². The van der Waals surface area contributed by atoms with Crippen LogP contribution < -0.4 is 21.1 Å². The predicted octanol–water partition coefficient (Wildman–Crippen LogP) is 5.62. The first kappa shape index (κ1) is 24.0. The van der Waals surface area contributed by atoms with Gasteiger partial charge in [-0.05, 0) is 53.6 Å². The summed E-state index contributed by atoms with van der Waals surface area (Å²) in [5, 5.41) is 6.57. The summed E-state index contributed by atoms with van der Waals surface area (Å²) in [5.41, 5.74) is 4.03. The Labute approximate surface area is 224 Å². The van der Waals surface area contributed by atoms with Crippen molar-refractivity contribution in [1.82, 2.24) is 9.97 Å². The summed E-state index contributed by atoms with van der Waals surface area (Å²) in [6, 6.07) is 20.8. The Bertz CT molecular complexity index is 1470. The zero-order chi connectivity index (χ0) is 25.2. The van der Waals surface area contributed by atoms with E-state index in [1.165, 1.54) is 25.1 Å². The molecule has 4 heterocycles. The predicted molar refractivity (Wildman–Crippen MR) is 150 cm³/mol. The minimum Gasteiger partial charge on any atom is -0.381 e. The molecule has 0 amide bonds. The largest absolute Gasteiger partial charge is 0.381 e. The minimum absolute atomic E-state index is 0.0623. The van der Waals surface area contributed by atoms with Gasteiger partial charge in [-0.1, -0.05) is 41.7 Å². The standard InChI is InChI=1S/C28H27N5O2S2/c1-29-26-10-7-18(16-32-26)15-31-19-8-9-23-25(14-19)36-24-6-2-4-20(27(24)37-23)22-17-33(12-13-35-22)21-5-3-11-30-28(21)34/h2-11,14,16,22,31H,12-13,15,17H2,1H3,(H,29,32)(H,30,34). The molecule has 1 unspecified atom stereocenters. The Morgan fingerprint density at radius 2 is 2.03 bits per heavy atom. The summed E-state index contributed by atoms with van der Waals surface area (Å²) in [4.78, 5) is 26.6. The first-order chi connectivity index (χ1) is 18.2. The second-order valence-electron chi connectivity index (χ2n) is 8.89. The van der Waals surface area contributed by atoms with Gasteiger partial charge in [-0.25, -0.2) is 4.98 Å². The van der Waals surface area contributed by atoms with E-state index in [1.807, 2.05) is 31.4 Å². The topological polar surface area (TPSA) is 82.3 Å². The smallest absolute Gasteiger partial charge is 0.271 e. The number of anilines is 3.